The van der Waals surface area contributed by atoms with Crippen molar-refractivity contribution in [1.82, 2.24) is 5.32 Å². The topological polar surface area (TPSA) is 55.2 Å². The Labute approximate surface area is 115 Å². The molecule has 0 radical (unpaired) electrons. The summed E-state index contributed by atoms with van der Waals surface area (Å²) in [5, 5.41) is 14.4. The van der Waals surface area contributed by atoms with Crippen LogP contribution >= 0.6 is 15.9 Å². The van der Waals surface area contributed by atoms with Crippen molar-refractivity contribution in [3.05, 3.63) is 38.3 Å². The third-order valence-electron chi connectivity index (χ3n) is 3.42. The summed E-state index contributed by atoms with van der Waals surface area (Å²) in [5.41, 5.74) is 0.946. The maximum Gasteiger partial charge on any atom is 0.273 e. The van der Waals surface area contributed by atoms with E-state index in [0.717, 1.165) is 10.0 Å². The number of nitrogens with one attached hydrogen (secondary N) is 1. The first kappa shape index (κ1) is 13.5. The number of nitro benzene ring substituents is 1. The number of rotatable bonds is 4. The second-order valence-electron chi connectivity index (χ2n) is 4.75. The van der Waals surface area contributed by atoms with Gasteiger partial charge >= 0.3 is 0 Å². The van der Waals surface area contributed by atoms with Crippen molar-refractivity contribution >= 4 is 21.6 Å². The smallest absolute Gasteiger partial charge is 0.273 e. The van der Waals surface area contributed by atoms with Crippen LogP contribution in [0.25, 0.3) is 0 Å². The molecule has 5 heteroatoms. The van der Waals surface area contributed by atoms with Gasteiger partial charge in [-0.25, -0.2) is 0 Å². The van der Waals surface area contributed by atoms with Crippen LogP contribution in [0.3, 0.4) is 0 Å². The summed E-state index contributed by atoms with van der Waals surface area (Å²) in [6, 6.07) is 5.61. The second kappa shape index (κ2) is 6.29. The Morgan fingerprint density at radius 2 is 2.06 bits per heavy atom. The molecule has 4 nitrogen and oxygen atoms in total. The molecule has 1 aliphatic carbocycles. The lowest BCUT2D eigenvalue weighted by Gasteiger charge is -2.22. The van der Waals surface area contributed by atoms with Crippen LogP contribution in [0.4, 0.5) is 5.69 Å². The standard InChI is InChI=1S/C13H17BrN2O2/c14-11-6-7-13(16(17)18)10(8-11)9-15-12-4-2-1-3-5-12/h6-8,12,15H,1-5,9H2. The molecule has 0 heterocycles. The molecule has 98 valence electrons. The fourth-order valence-electron chi connectivity index (χ4n) is 2.43. The lowest BCUT2D eigenvalue weighted by molar-refractivity contribution is -0.385. The van der Waals surface area contributed by atoms with Gasteiger partial charge in [0.05, 0.1) is 4.92 Å². The van der Waals surface area contributed by atoms with E-state index in [4.69, 9.17) is 0 Å². The molecule has 1 N–H and O–H groups in total. The van der Waals surface area contributed by atoms with Crippen molar-refractivity contribution in [2.75, 3.05) is 0 Å². The highest BCUT2D eigenvalue weighted by Crippen LogP contribution is 2.24. The summed E-state index contributed by atoms with van der Waals surface area (Å²) in [6.45, 7) is 0.570. The average molecular weight is 313 g/mol. The number of hydrogen-bond acceptors (Lipinski definition) is 3. The Morgan fingerprint density at radius 1 is 1.33 bits per heavy atom. The summed E-state index contributed by atoms with van der Waals surface area (Å²) in [4.78, 5) is 10.6. The van der Waals surface area contributed by atoms with E-state index < -0.39 is 0 Å². The Hall–Kier alpha value is -0.940. The summed E-state index contributed by atoms with van der Waals surface area (Å²) >= 11 is 3.36. The molecule has 0 amide bonds. The van der Waals surface area contributed by atoms with Gasteiger partial charge in [0, 0.05) is 28.7 Å². The monoisotopic (exact) mass is 312 g/mol. The van der Waals surface area contributed by atoms with E-state index in [9.17, 15) is 10.1 Å². The van der Waals surface area contributed by atoms with Crippen molar-refractivity contribution in [1.29, 1.82) is 0 Å². The van der Waals surface area contributed by atoms with E-state index in [1.165, 1.54) is 32.1 Å². The van der Waals surface area contributed by atoms with E-state index in [1.807, 2.05) is 6.07 Å². The van der Waals surface area contributed by atoms with Gasteiger partial charge in [-0.3, -0.25) is 10.1 Å². The molecular formula is C13H17BrN2O2. The van der Waals surface area contributed by atoms with Crippen LogP contribution in [0.2, 0.25) is 0 Å². The molecule has 0 saturated heterocycles. The van der Waals surface area contributed by atoms with E-state index >= 15 is 0 Å². The van der Waals surface area contributed by atoms with Crippen molar-refractivity contribution in [2.24, 2.45) is 0 Å². The maximum atomic E-state index is 10.9. The largest absolute Gasteiger partial charge is 0.310 e. The quantitative estimate of drug-likeness (QED) is 0.680. The van der Waals surface area contributed by atoms with Gasteiger partial charge in [0.25, 0.3) is 5.69 Å². The van der Waals surface area contributed by atoms with Crippen LogP contribution in [0, 0.1) is 10.1 Å². The van der Waals surface area contributed by atoms with Crippen molar-refractivity contribution in [3.8, 4) is 0 Å². The van der Waals surface area contributed by atoms with Crippen LogP contribution in [-0.4, -0.2) is 11.0 Å². The van der Waals surface area contributed by atoms with Crippen molar-refractivity contribution in [2.45, 2.75) is 44.7 Å². The number of hydrogen-bond donors (Lipinski definition) is 1. The first-order valence-corrected chi connectivity index (χ1v) is 7.12. The van der Waals surface area contributed by atoms with Crippen LogP contribution in [-0.2, 0) is 6.54 Å². The molecule has 0 spiro atoms. The predicted octanol–water partition coefficient (Wildman–Crippen LogP) is 3.78. The molecule has 0 aliphatic heterocycles. The van der Waals surface area contributed by atoms with E-state index in [1.54, 1.807) is 12.1 Å². The zero-order chi connectivity index (χ0) is 13.0. The highest BCUT2D eigenvalue weighted by molar-refractivity contribution is 9.10. The zero-order valence-corrected chi connectivity index (χ0v) is 11.8. The fourth-order valence-corrected chi connectivity index (χ4v) is 2.84. The molecule has 0 aromatic heterocycles. The van der Waals surface area contributed by atoms with Gasteiger partial charge in [0.2, 0.25) is 0 Å². The highest BCUT2D eigenvalue weighted by atomic mass is 79.9. The fraction of sp³-hybridized carbons (Fsp3) is 0.538. The molecule has 1 aromatic rings. The molecule has 1 saturated carbocycles. The molecule has 1 fully saturated rings. The van der Waals surface area contributed by atoms with Gasteiger partial charge in [-0.1, -0.05) is 35.2 Å². The van der Waals surface area contributed by atoms with Crippen molar-refractivity contribution < 1.29 is 4.92 Å². The Morgan fingerprint density at radius 3 is 2.72 bits per heavy atom. The summed E-state index contributed by atoms with van der Waals surface area (Å²) in [7, 11) is 0. The molecule has 0 unspecified atom stereocenters. The highest BCUT2D eigenvalue weighted by Gasteiger charge is 2.17. The summed E-state index contributed by atoms with van der Waals surface area (Å²) < 4.78 is 0.883. The van der Waals surface area contributed by atoms with Crippen LogP contribution < -0.4 is 5.32 Å². The Kier molecular flexibility index (Phi) is 4.72. The number of nitro groups is 1. The predicted molar refractivity (Wildman–Crippen MR) is 74.5 cm³/mol. The van der Waals surface area contributed by atoms with Gasteiger partial charge < -0.3 is 5.32 Å². The van der Waals surface area contributed by atoms with Gasteiger partial charge in [0.1, 0.15) is 0 Å². The maximum absolute atomic E-state index is 10.9. The van der Waals surface area contributed by atoms with Crippen LogP contribution in [0.15, 0.2) is 22.7 Å². The SMILES string of the molecule is O=[N+]([O-])c1ccc(Br)cc1CNC1CCCCC1. The third kappa shape index (κ3) is 3.53. The normalized spacial score (nSPS) is 16.7. The Bertz CT molecular complexity index is 431. The summed E-state index contributed by atoms with van der Waals surface area (Å²) in [6.07, 6.45) is 6.20. The van der Waals surface area contributed by atoms with Gasteiger partial charge in [0.15, 0.2) is 0 Å². The van der Waals surface area contributed by atoms with Crippen LogP contribution in [0.1, 0.15) is 37.7 Å². The summed E-state index contributed by atoms with van der Waals surface area (Å²) in [5.74, 6) is 0. The zero-order valence-electron chi connectivity index (χ0n) is 10.2. The minimum Gasteiger partial charge on any atom is -0.310 e. The lowest BCUT2D eigenvalue weighted by Crippen LogP contribution is -2.30. The molecule has 2 rings (SSSR count). The molecule has 1 aromatic carbocycles. The van der Waals surface area contributed by atoms with Crippen molar-refractivity contribution in [3.63, 3.8) is 0 Å². The third-order valence-corrected chi connectivity index (χ3v) is 3.92. The lowest BCUT2D eigenvalue weighted by atomic mass is 9.95. The number of nitrogens with zero attached hydrogens (tertiary/aromatic N) is 1. The minimum absolute atomic E-state index is 0.196. The molecule has 0 bridgehead atoms. The van der Waals surface area contributed by atoms with E-state index in [-0.39, 0.29) is 10.6 Å². The van der Waals surface area contributed by atoms with Gasteiger partial charge in [-0.2, -0.15) is 0 Å². The number of halogens is 1. The molecular weight excluding hydrogens is 296 g/mol. The van der Waals surface area contributed by atoms with E-state index in [0.29, 0.717) is 12.6 Å². The van der Waals surface area contributed by atoms with Gasteiger partial charge in [-0.05, 0) is 25.0 Å². The molecule has 1 aliphatic rings. The second-order valence-corrected chi connectivity index (χ2v) is 5.66. The first-order chi connectivity index (χ1) is 8.66. The van der Waals surface area contributed by atoms with Crippen LogP contribution in [0.5, 0.6) is 0 Å². The first-order valence-electron chi connectivity index (χ1n) is 6.33. The number of benzene rings is 1. The minimum atomic E-state index is -0.315. The Balaban J connectivity index is 2.03. The molecule has 0 atom stereocenters. The average Bonchev–Trinajstić information content (AvgIpc) is 2.37. The van der Waals surface area contributed by atoms with Gasteiger partial charge in [-0.15, -0.1) is 0 Å². The van der Waals surface area contributed by atoms with E-state index in [2.05, 4.69) is 21.2 Å². The molecule has 18 heavy (non-hydrogen) atoms.